The van der Waals surface area contributed by atoms with E-state index in [1.807, 2.05) is 9.95 Å². The smallest absolute Gasteiger partial charge is 0.292 e. The zero-order chi connectivity index (χ0) is 15.8. The number of hydrogen-bond acceptors (Lipinski definition) is 7. The first-order valence-corrected chi connectivity index (χ1v) is 9.62. The Morgan fingerprint density at radius 1 is 1.35 bits per heavy atom. The van der Waals surface area contributed by atoms with Crippen LogP contribution in [0.15, 0.2) is 26.4 Å². The molecule has 0 amide bonds. The minimum Gasteiger partial charge on any atom is -0.378 e. The number of thiophene rings is 1. The van der Waals surface area contributed by atoms with Crippen molar-refractivity contribution in [1.82, 2.24) is 14.5 Å². The molecule has 23 heavy (non-hydrogen) atoms. The van der Waals surface area contributed by atoms with Crippen LogP contribution < -0.4 is 10.5 Å². The maximum Gasteiger partial charge on any atom is 0.292 e. The predicted octanol–water partition coefficient (Wildman–Crippen LogP) is 2.56. The fourth-order valence-corrected chi connectivity index (χ4v) is 4.73. The zero-order valence-corrected chi connectivity index (χ0v) is 15.3. The van der Waals surface area contributed by atoms with Gasteiger partial charge in [-0.3, -0.25) is 4.79 Å². The molecule has 0 spiro atoms. The molecule has 4 heterocycles. The molecule has 0 N–H and O–H groups in total. The molecule has 1 saturated heterocycles. The lowest BCUT2D eigenvalue weighted by molar-refractivity contribution is 0.122. The molecular weight excluding hydrogens is 400 g/mol. The third-order valence-electron chi connectivity index (χ3n) is 3.69. The Bertz CT molecular complexity index is 898. The number of thiazole rings is 1. The summed E-state index contributed by atoms with van der Waals surface area (Å²) >= 11 is 6.61. The van der Waals surface area contributed by atoms with E-state index in [9.17, 15) is 4.79 Å². The zero-order valence-electron chi connectivity index (χ0n) is 12.1. The third kappa shape index (κ3) is 2.93. The minimum atomic E-state index is -0.211. The largest absolute Gasteiger partial charge is 0.378 e. The highest BCUT2D eigenvalue weighted by atomic mass is 79.9. The lowest BCUT2D eigenvalue weighted by Gasteiger charge is -2.25. The van der Waals surface area contributed by atoms with Crippen LogP contribution in [-0.4, -0.2) is 40.8 Å². The molecule has 1 aliphatic rings. The fourth-order valence-electron chi connectivity index (χ4n) is 2.49. The van der Waals surface area contributed by atoms with Crippen LogP contribution in [-0.2, 0) is 11.3 Å². The van der Waals surface area contributed by atoms with Crippen molar-refractivity contribution >= 4 is 54.1 Å². The summed E-state index contributed by atoms with van der Waals surface area (Å²) < 4.78 is 9.01. The molecular formula is C14H13BrN4O2S2. The fraction of sp³-hybridized carbons (Fsp3) is 0.357. The highest BCUT2D eigenvalue weighted by Gasteiger charge is 2.18. The van der Waals surface area contributed by atoms with E-state index in [0.29, 0.717) is 30.1 Å². The Morgan fingerprint density at radius 3 is 2.91 bits per heavy atom. The molecule has 120 valence electrons. The Balaban J connectivity index is 1.76. The number of ether oxygens (including phenoxy) is 1. The van der Waals surface area contributed by atoms with Crippen LogP contribution >= 0.6 is 38.6 Å². The van der Waals surface area contributed by atoms with Gasteiger partial charge in [0.1, 0.15) is 11.0 Å². The van der Waals surface area contributed by atoms with E-state index in [1.165, 1.54) is 11.3 Å². The monoisotopic (exact) mass is 412 g/mol. The van der Waals surface area contributed by atoms with E-state index in [0.717, 1.165) is 27.6 Å². The van der Waals surface area contributed by atoms with Gasteiger partial charge in [-0.25, -0.2) is 4.98 Å². The van der Waals surface area contributed by atoms with Crippen molar-refractivity contribution in [2.75, 3.05) is 31.2 Å². The highest BCUT2D eigenvalue weighted by molar-refractivity contribution is 9.11. The van der Waals surface area contributed by atoms with Crippen molar-refractivity contribution in [2.45, 2.75) is 6.54 Å². The number of anilines is 1. The molecule has 1 aliphatic heterocycles. The van der Waals surface area contributed by atoms with Crippen molar-refractivity contribution in [3.63, 3.8) is 0 Å². The summed E-state index contributed by atoms with van der Waals surface area (Å²) in [4.78, 5) is 23.0. The van der Waals surface area contributed by atoms with Crippen LogP contribution in [0.3, 0.4) is 0 Å². The lowest BCUT2D eigenvalue weighted by Crippen LogP contribution is -2.36. The summed E-state index contributed by atoms with van der Waals surface area (Å²) in [5.74, 6) is 0. The number of fused-ring (bicyclic) bond motifs is 1. The van der Waals surface area contributed by atoms with Crippen LogP contribution in [0, 0.1) is 0 Å². The molecule has 0 aromatic carbocycles. The Hall–Kier alpha value is -1.29. The van der Waals surface area contributed by atoms with Crippen LogP contribution in [0.1, 0.15) is 5.56 Å². The Kier molecular flexibility index (Phi) is 4.18. The molecule has 0 atom stereocenters. The molecule has 6 nitrogen and oxygen atoms in total. The van der Waals surface area contributed by atoms with E-state index in [1.54, 1.807) is 17.7 Å². The second kappa shape index (κ2) is 6.31. The molecule has 0 radical (unpaired) electrons. The summed E-state index contributed by atoms with van der Waals surface area (Å²) in [6.07, 6.45) is 1.58. The molecule has 0 bridgehead atoms. The van der Waals surface area contributed by atoms with Gasteiger partial charge in [0.2, 0.25) is 0 Å². The normalized spacial score (nSPS) is 15.4. The molecule has 3 aromatic rings. The second-order valence-electron chi connectivity index (χ2n) is 5.15. The van der Waals surface area contributed by atoms with Gasteiger partial charge in [-0.15, -0.1) is 11.3 Å². The maximum absolute atomic E-state index is 12.1. The highest BCUT2D eigenvalue weighted by Crippen LogP contribution is 2.29. The van der Waals surface area contributed by atoms with Crippen LogP contribution in [0.2, 0.25) is 0 Å². The summed E-state index contributed by atoms with van der Waals surface area (Å²) in [6.45, 7) is 3.63. The molecule has 4 rings (SSSR count). The van der Waals surface area contributed by atoms with Gasteiger partial charge in [0.25, 0.3) is 5.56 Å². The van der Waals surface area contributed by atoms with E-state index >= 15 is 0 Å². The first-order valence-electron chi connectivity index (χ1n) is 7.13. The molecule has 1 fully saturated rings. The number of nitrogens with zero attached hydrogens (tertiary/aromatic N) is 4. The standard InChI is InChI=1S/C14H13BrN4O2S2/c15-11-9(1-6-22-11)7-19-8-16-13(20)10-12(19)17-14(23-10)18-2-4-21-5-3-18/h1,6,8H,2-5,7H2. The van der Waals surface area contributed by atoms with E-state index in [2.05, 4.69) is 31.9 Å². The van der Waals surface area contributed by atoms with Gasteiger partial charge in [-0.1, -0.05) is 11.3 Å². The van der Waals surface area contributed by atoms with E-state index in [4.69, 9.17) is 9.72 Å². The van der Waals surface area contributed by atoms with Gasteiger partial charge in [-0.05, 0) is 32.9 Å². The predicted molar refractivity (Wildman–Crippen MR) is 95.8 cm³/mol. The molecule has 3 aromatic heterocycles. The van der Waals surface area contributed by atoms with Crippen molar-refractivity contribution in [1.29, 1.82) is 0 Å². The second-order valence-corrected chi connectivity index (χ2v) is 8.36. The van der Waals surface area contributed by atoms with Crippen molar-refractivity contribution < 1.29 is 4.74 Å². The summed E-state index contributed by atoms with van der Waals surface area (Å²) in [7, 11) is 0. The summed E-state index contributed by atoms with van der Waals surface area (Å²) in [6, 6.07) is 2.06. The number of aromatic nitrogens is 3. The summed E-state index contributed by atoms with van der Waals surface area (Å²) in [5, 5.41) is 2.90. The molecule has 0 unspecified atom stereocenters. The van der Waals surface area contributed by atoms with E-state index in [-0.39, 0.29) is 5.56 Å². The average molecular weight is 413 g/mol. The van der Waals surface area contributed by atoms with Crippen LogP contribution in [0.4, 0.5) is 5.13 Å². The van der Waals surface area contributed by atoms with Crippen molar-refractivity contribution in [2.24, 2.45) is 0 Å². The molecule has 9 heteroatoms. The first-order chi connectivity index (χ1) is 11.2. The van der Waals surface area contributed by atoms with Gasteiger partial charge < -0.3 is 14.2 Å². The minimum absolute atomic E-state index is 0.211. The third-order valence-corrected chi connectivity index (χ3v) is 6.60. The van der Waals surface area contributed by atoms with E-state index < -0.39 is 0 Å². The number of morpholine rings is 1. The number of rotatable bonds is 3. The average Bonchev–Trinajstić information content (AvgIpc) is 3.19. The number of halogens is 1. The maximum atomic E-state index is 12.1. The van der Waals surface area contributed by atoms with Gasteiger partial charge >= 0.3 is 0 Å². The van der Waals surface area contributed by atoms with Crippen molar-refractivity contribution in [3.8, 4) is 0 Å². The van der Waals surface area contributed by atoms with Crippen molar-refractivity contribution in [3.05, 3.63) is 37.5 Å². The molecule has 0 aliphatic carbocycles. The van der Waals surface area contributed by atoms with Crippen LogP contribution in [0.25, 0.3) is 10.3 Å². The Morgan fingerprint density at radius 2 is 2.17 bits per heavy atom. The Labute approximate surface area is 148 Å². The lowest BCUT2D eigenvalue weighted by atomic mass is 10.3. The topological polar surface area (TPSA) is 60.2 Å². The van der Waals surface area contributed by atoms with Crippen LogP contribution in [0.5, 0.6) is 0 Å². The van der Waals surface area contributed by atoms with Gasteiger partial charge in [0, 0.05) is 13.1 Å². The van der Waals surface area contributed by atoms with Gasteiger partial charge in [0.15, 0.2) is 10.8 Å². The van der Waals surface area contributed by atoms with Gasteiger partial charge in [0.05, 0.1) is 23.5 Å². The quantitative estimate of drug-likeness (QED) is 0.661. The SMILES string of the molecule is O=c1ncn(Cc2ccsc2Br)c2nc(N3CCOCC3)sc12. The number of hydrogen-bond donors (Lipinski definition) is 0. The molecule has 0 saturated carbocycles. The first kappa shape index (κ1) is 15.3. The van der Waals surface area contributed by atoms with Gasteiger partial charge in [-0.2, -0.15) is 4.98 Å². The summed E-state index contributed by atoms with van der Waals surface area (Å²) in [5.41, 5.74) is 1.65.